The highest BCUT2D eigenvalue weighted by molar-refractivity contribution is 5.81. The minimum absolute atomic E-state index is 0.742. The number of fused-ring (bicyclic) bond motifs is 1. The van der Waals surface area contributed by atoms with Crippen molar-refractivity contribution < 1.29 is 0 Å². The zero-order chi connectivity index (χ0) is 12.5. The second kappa shape index (κ2) is 4.64. The van der Waals surface area contributed by atoms with E-state index < -0.39 is 0 Å². The van der Waals surface area contributed by atoms with Crippen LogP contribution in [0.25, 0.3) is 10.9 Å². The number of hydrogen-bond acceptors (Lipinski definition) is 0. The number of hydrogen-bond donors (Lipinski definition) is 0. The zero-order valence-corrected chi connectivity index (χ0v) is 11.3. The maximum atomic E-state index is 2.39. The molecule has 1 aliphatic carbocycles. The van der Waals surface area contributed by atoms with Gasteiger partial charge in [-0.05, 0) is 56.0 Å². The van der Waals surface area contributed by atoms with Crippen LogP contribution in [-0.4, -0.2) is 4.57 Å². The van der Waals surface area contributed by atoms with Crippen molar-refractivity contribution in [3.05, 3.63) is 47.7 Å². The average molecular weight is 239 g/mol. The topological polar surface area (TPSA) is 4.93 Å². The van der Waals surface area contributed by atoms with E-state index in [1.165, 1.54) is 42.3 Å². The fourth-order valence-electron chi connectivity index (χ4n) is 3.28. The molecule has 1 aliphatic rings. The van der Waals surface area contributed by atoms with Crippen molar-refractivity contribution in [1.82, 2.24) is 4.57 Å². The minimum Gasteiger partial charge on any atom is -0.347 e. The van der Waals surface area contributed by atoms with Gasteiger partial charge in [-0.25, -0.2) is 0 Å². The molecule has 0 N–H and O–H groups in total. The molecule has 0 bridgehead atoms. The van der Waals surface area contributed by atoms with Crippen LogP contribution in [0.2, 0.25) is 0 Å². The molecule has 1 aromatic heterocycles. The largest absolute Gasteiger partial charge is 0.347 e. The van der Waals surface area contributed by atoms with Gasteiger partial charge in [0.1, 0.15) is 0 Å². The maximum absolute atomic E-state index is 2.39. The van der Waals surface area contributed by atoms with Crippen molar-refractivity contribution in [2.24, 2.45) is 7.05 Å². The highest BCUT2D eigenvalue weighted by Gasteiger charge is 2.21. The molecule has 0 saturated heterocycles. The first-order valence-electron chi connectivity index (χ1n) is 6.98. The van der Waals surface area contributed by atoms with Crippen molar-refractivity contribution >= 4 is 10.9 Å². The summed E-state index contributed by atoms with van der Waals surface area (Å²) in [6.07, 6.45) is 7.48. The molecular weight excluding hydrogens is 218 g/mol. The van der Waals surface area contributed by atoms with Gasteiger partial charge in [0, 0.05) is 18.3 Å². The molecule has 2 aromatic rings. The summed E-state index contributed by atoms with van der Waals surface area (Å²) in [5.41, 5.74) is 4.53. The van der Waals surface area contributed by atoms with Gasteiger partial charge < -0.3 is 4.57 Å². The number of allylic oxidation sites excluding steroid dienone is 2. The number of rotatable bonds is 1. The minimum atomic E-state index is 0.742. The second-order valence-corrected chi connectivity index (χ2v) is 5.41. The van der Waals surface area contributed by atoms with Crippen molar-refractivity contribution in [1.29, 1.82) is 0 Å². The SMILES string of the molecule is CC=C1CCC(c2cc3ccccc3n2C)CC1. The molecule has 1 nitrogen and oxygen atoms in total. The molecule has 0 radical (unpaired) electrons. The normalized spacial score (nSPS) is 20.3. The van der Waals surface area contributed by atoms with Gasteiger partial charge in [-0.3, -0.25) is 0 Å². The van der Waals surface area contributed by atoms with Crippen LogP contribution in [0, 0.1) is 0 Å². The van der Waals surface area contributed by atoms with Crippen LogP contribution in [0.3, 0.4) is 0 Å². The third-order valence-electron chi connectivity index (χ3n) is 4.44. The van der Waals surface area contributed by atoms with Gasteiger partial charge >= 0.3 is 0 Å². The van der Waals surface area contributed by atoms with Crippen LogP contribution < -0.4 is 0 Å². The monoisotopic (exact) mass is 239 g/mol. The van der Waals surface area contributed by atoms with E-state index in [2.05, 4.69) is 54.9 Å². The molecule has 18 heavy (non-hydrogen) atoms. The van der Waals surface area contributed by atoms with Crippen LogP contribution in [-0.2, 0) is 7.05 Å². The fraction of sp³-hybridized carbons (Fsp3) is 0.412. The van der Waals surface area contributed by atoms with E-state index in [0.29, 0.717) is 0 Å². The molecule has 1 aromatic carbocycles. The Morgan fingerprint density at radius 1 is 1.17 bits per heavy atom. The van der Waals surface area contributed by atoms with Gasteiger partial charge in [0.2, 0.25) is 0 Å². The van der Waals surface area contributed by atoms with Crippen LogP contribution >= 0.6 is 0 Å². The van der Waals surface area contributed by atoms with Gasteiger partial charge in [-0.2, -0.15) is 0 Å². The third kappa shape index (κ3) is 1.88. The number of para-hydroxylation sites is 1. The Hall–Kier alpha value is -1.50. The summed E-state index contributed by atoms with van der Waals surface area (Å²) >= 11 is 0. The van der Waals surface area contributed by atoms with E-state index in [-0.39, 0.29) is 0 Å². The Morgan fingerprint density at radius 2 is 1.89 bits per heavy atom. The van der Waals surface area contributed by atoms with Crippen LogP contribution in [0.4, 0.5) is 0 Å². The van der Waals surface area contributed by atoms with E-state index in [9.17, 15) is 0 Å². The van der Waals surface area contributed by atoms with Gasteiger partial charge in [0.25, 0.3) is 0 Å². The molecule has 0 spiro atoms. The summed E-state index contributed by atoms with van der Waals surface area (Å²) in [5.74, 6) is 0.742. The predicted octanol–water partition coefficient (Wildman–Crippen LogP) is 4.78. The fourth-order valence-corrected chi connectivity index (χ4v) is 3.28. The van der Waals surface area contributed by atoms with E-state index in [1.807, 2.05) is 0 Å². The molecule has 1 fully saturated rings. The zero-order valence-electron chi connectivity index (χ0n) is 11.3. The highest BCUT2D eigenvalue weighted by Crippen LogP contribution is 2.37. The lowest BCUT2D eigenvalue weighted by atomic mass is 9.84. The molecule has 0 atom stereocenters. The lowest BCUT2D eigenvalue weighted by Crippen LogP contribution is -2.10. The molecule has 0 unspecified atom stereocenters. The summed E-state index contributed by atoms with van der Waals surface area (Å²) in [4.78, 5) is 0. The van der Waals surface area contributed by atoms with Gasteiger partial charge in [-0.15, -0.1) is 0 Å². The molecule has 1 heterocycles. The summed E-state index contributed by atoms with van der Waals surface area (Å²) < 4.78 is 2.39. The van der Waals surface area contributed by atoms with Gasteiger partial charge in [0.05, 0.1) is 0 Å². The van der Waals surface area contributed by atoms with E-state index >= 15 is 0 Å². The molecule has 1 heteroatoms. The van der Waals surface area contributed by atoms with Crippen molar-refractivity contribution in [3.63, 3.8) is 0 Å². The maximum Gasteiger partial charge on any atom is 0.0479 e. The Labute approximate surface area is 109 Å². The molecule has 94 valence electrons. The lowest BCUT2D eigenvalue weighted by molar-refractivity contribution is 0.496. The number of aryl methyl sites for hydroxylation is 1. The van der Waals surface area contributed by atoms with Crippen LogP contribution in [0.1, 0.15) is 44.2 Å². The smallest absolute Gasteiger partial charge is 0.0479 e. The predicted molar refractivity (Wildman–Crippen MR) is 77.9 cm³/mol. The van der Waals surface area contributed by atoms with Crippen LogP contribution in [0.15, 0.2) is 42.0 Å². The first-order valence-corrected chi connectivity index (χ1v) is 6.98. The molecule has 0 aliphatic heterocycles. The molecule has 0 amide bonds. The molecule has 1 saturated carbocycles. The molecule has 3 rings (SSSR count). The Kier molecular flexibility index (Phi) is 2.99. The summed E-state index contributed by atoms with van der Waals surface area (Å²) in [6.45, 7) is 2.17. The Morgan fingerprint density at radius 3 is 2.56 bits per heavy atom. The van der Waals surface area contributed by atoms with Gasteiger partial charge in [-0.1, -0.05) is 29.8 Å². The number of benzene rings is 1. The first-order chi connectivity index (χ1) is 8.79. The van der Waals surface area contributed by atoms with E-state index in [0.717, 1.165) is 5.92 Å². The van der Waals surface area contributed by atoms with Crippen LogP contribution in [0.5, 0.6) is 0 Å². The Balaban J connectivity index is 1.93. The summed E-state index contributed by atoms with van der Waals surface area (Å²) in [7, 11) is 2.21. The molecular formula is C17H21N. The quantitative estimate of drug-likeness (QED) is 0.631. The number of aromatic nitrogens is 1. The number of nitrogens with zero attached hydrogens (tertiary/aromatic N) is 1. The van der Waals surface area contributed by atoms with Crippen molar-refractivity contribution in [2.45, 2.75) is 38.5 Å². The lowest BCUT2D eigenvalue weighted by Gasteiger charge is -2.24. The third-order valence-corrected chi connectivity index (χ3v) is 4.44. The van der Waals surface area contributed by atoms with Crippen molar-refractivity contribution in [3.8, 4) is 0 Å². The first kappa shape index (κ1) is 11.6. The van der Waals surface area contributed by atoms with Gasteiger partial charge in [0.15, 0.2) is 0 Å². The van der Waals surface area contributed by atoms with E-state index in [4.69, 9.17) is 0 Å². The van der Waals surface area contributed by atoms with Crippen molar-refractivity contribution in [2.75, 3.05) is 0 Å². The second-order valence-electron chi connectivity index (χ2n) is 5.41. The highest BCUT2D eigenvalue weighted by atomic mass is 14.9. The Bertz CT molecular complexity index is 579. The summed E-state index contributed by atoms with van der Waals surface area (Å²) in [6, 6.07) is 11.1. The van der Waals surface area contributed by atoms with E-state index in [1.54, 1.807) is 5.57 Å². The standard InChI is InChI=1S/C17H21N/c1-3-13-8-10-14(11-9-13)17-12-15-6-4-5-7-16(15)18(17)2/h3-7,12,14H,8-11H2,1-2H3. The average Bonchev–Trinajstić information content (AvgIpc) is 2.77. The summed E-state index contributed by atoms with van der Waals surface area (Å²) in [5, 5.41) is 1.38.